The van der Waals surface area contributed by atoms with Crippen molar-refractivity contribution in [3.8, 4) is 0 Å². The van der Waals surface area contributed by atoms with Gasteiger partial charge < -0.3 is 5.32 Å². The monoisotopic (exact) mass is 182 g/mol. The molecule has 76 valence electrons. The van der Waals surface area contributed by atoms with Gasteiger partial charge in [0.05, 0.1) is 0 Å². The molecular formula is C11H22N2. The quantitative estimate of drug-likeness (QED) is 0.708. The standard InChI is InChI=1S/C11H22N2/c1-3-4-13(11-7-12-8-11)10-5-9(2)6-10/h9-12H,3-8H2,1-2H3. The molecule has 1 aliphatic heterocycles. The number of rotatable bonds is 4. The molecule has 0 unspecified atom stereocenters. The van der Waals surface area contributed by atoms with E-state index in [9.17, 15) is 0 Å². The summed E-state index contributed by atoms with van der Waals surface area (Å²) in [6.07, 6.45) is 4.19. The van der Waals surface area contributed by atoms with Crippen LogP contribution in [0.25, 0.3) is 0 Å². The van der Waals surface area contributed by atoms with Crippen LogP contribution in [-0.4, -0.2) is 36.6 Å². The second-order valence-electron chi connectivity index (χ2n) is 4.78. The van der Waals surface area contributed by atoms with E-state index in [0.717, 1.165) is 18.0 Å². The Bertz CT molecular complexity index is 159. The van der Waals surface area contributed by atoms with E-state index in [2.05, 4.69) is 24.1 Å². The van der Waals surface area contributed by atoms with Gasteiger partial charge in [0.25, 0.3) is 0 Å². The third kappa shape index (κ3) is 1.89. The molecular weight excluding hydrogens is 160 g/mol. The fourth-order valence-corrected chi connectivity index (χ4v) is 2.56. The third-order valence-corrected chi connectivity index (χ3v) is 3.53. The van der Waals surface area contributed by atoms with Crippen molar-refractivity contribution < 1.29 is 0 Å². The molecule has 2 fully saturated rings. The topological polar surface area (TPSA) is 15.3 Å². The van der Waals surface area contributed by atoms with Gasteiger partial charge in [-0.2, -0.15) is 0 Å². The summed E-state index contributed by atoms with van der Waals surface area (Å²) in [5.41, 5.74) is 0. The first-order chi connectivity index (χ1) is 6.31. The van der Waals surface area contributed by atoms with Crippen LogP contribution in [0.1, 0.15) is 33.1 Å². The molecule has 2 rings (SSSR count). The Labute approximate surface area is 81.7 Å². The highest BCUT2D eigenvalue weighted by molar-refractivity contribution is 4.93. The Kier molecular flexibility index (Phi) is 2.89. The highest BCUT2D eigenvalue weighted by Gasteiger charge is 2.35. The van der Waals surface area contributed by atoms with Crippen LogP contribution in [0.4, 0.5) is 0 Å². The lowest BCUT2D eigenvalue weighted by atomic mass is 9.79. The molecule has 0 aromatic carbocycles. The normalized spacial score (nSPS) is 34.4. The molecule has 2 aliphatic rings. The molecule has 0 atom stereocenters. The SMILES string of the molecule is CCCN(C1CNC1)C1CC(C)C1. The van der Waals surface area contributed by atoms with Crippen molar-refractivity contribution in [2.75, 3.05) is 19.6 Å². The summed E-state index contributed by atoms with van der Waals surface area (Å²) in [6.45, 7) is 8.43. The van der Waals surface area contributed by atoms with Crippen LogP contribution in [0.15, 0.2) is 0 Å². The van der Waals surface area contributed by atoms with Crippen molar-refractivity contribution >= 4 is 0 Å². The molecule has 0 aromatic heterocycles. The molecule has 0 amide bonds. The maximum Gasteiger partial charge on any atom is 0.0348 e. The fraction of sp³-hybridized carbons (Fsp3) is 1.00. The van der Waals surface area contributed by atoms with Crippen molar-refractivity contribution in [1.29, 1.82) is 0 Å². The van der Waals surface area contributed by atoms with Crippen LogP contribution >= 0.6 is 0 Å². The van der Waals surface area contributed by atoms with Crippen LogP contribution in [-0.2, 0) is 0 Å². The van der Waals surface area contributed by atoms with E-state index in [0.29, 0.717) is 0 Å². The van der Waals surface area contributed by atoms with Gasteiger partial charge in [0.2, 0.25) is 0 Å². The predicted molar refractivity (Wildman–Crippen MR) is 55.8 cm³/mol. The molecule has 1 saturated heterocycles. The zero-order valence-corrected chi connectivity index (χ0v) is 8.92. The van der Waals surface area contributed by atoms with Crippen LogP contribution in [0.2, 0.25) is 0 Å². The second-order valence-corrected chi connectivity index (χ2v) is 4.78. The molecule has 1 heterocycles. The summed E-state index contributed by atoms with van der Waals surface area (Å²) in [4.78, 5) is 2.75. The number of hydrogen-bond donors (Lipinski definition) is 1. The summed E-state index contributed by atoms with van der Waals surface area (Å²) in [5, 5.41) is 3.37. The average molecular weight is 182 g/mol. The lowest BCUT2D eigenvalue weighted by Gasteiger charge is -2.48. The highest BCUT2D eigenvalue weighted by atomic mass is 15.3. The smallest absolute Gasteiger partial charge is 0.0348 e. The Morgan fingerprint density at radius 2 is 1.92 bits per heavy atom. The molecule has 1 saturated carbocycles. The zero-order chi connectivity index (χ0) is 9.26. The first-order valence-electron chi connectivity index (χ1n) is 5.77. The lowest BCUT2D eigenvalue weighted by Crippen LogP contribution is -2.62. The van der Waals surface area contributed by atoms with Crippen molar-refractivity contribution in [2.45, 2.75) is 45.2 Å². The summed E-state index contributed by atoms with van der Waals surface area (Å²) >= 11 is 0. The first kappa shape index (κ1) is 9.47. The second kappa shape index (κ2) is 3.97. The van der Waals surface area contributed by atoms with Crippen LogP contribution in [0.5, 0.6) is 0 Å². The average Bonchev–Trinajstić information content (AvgIpc) is 1.94. The number of nitrogens with one attached hydrogen (secondary N) is 1. The van der Waals surface area contributed by atoms with E-state index < -0.39 is 0 Å². The summed E-state index contributed by atoms with van der Waals surface area (Å²) in [7, 11) is 0. The number of hydrogen-bond acceptors (Lipinski definition) is 2. The maximum absolute atomic E-state index is 3.37. The first-order valence-corrected chi connectivity index (χ1v) is 5.77. The molecule has 0 spiro atoms. The van der Waals surface area contributed by atoms with Gasteiger partial charge in [-0.3, -0.25) is 4.90 Å². The van der Waals surface area contributed by atoms with Gasteiger partial charge in [-0.25, -0.2) is 0 Å². The van der Waals surface area contributed by atoms with E-state index in [1.165, 1.54) is 38.9 Å². The molecule has 0 bridgehead atoms. The Morgan fingerprint density at radius 3 is 2.31 bits per heavy atom. The Balaban J connectivity index is 1.82. The van der Waals surface area contributed by atoms with Crippen molar-refractivity contribution in [2.24, 2.45) is 5.92 Å². The third-order valence-electron chi connectivity index (χ3n) is 3.53. The van der Waals surface area contributed by atoms with Gasteiger partial charge in [-0.1, -0.05) is 13.8 Å². The van der Waals surface area contributed by atoms with Crippen molar-refractivity contribution in [3.63, 3.8) is 0 Å². The van der Waals surface area contributed by atoms with Crippen molar-refractivity contribution in [1.82, 2.24) is 10.2 Å². The minimum atomic E-state index is 0.859. The molecule has 0 radical (unpaired) electrons. The lowest BCUT2D eigenvalue weighted by molar-refractivity contribution is 0.0273. The summed E-state index contributed by atoms with van der Waals surface area (Å²) in [6, 6.07) is 1.78. The largest absolute Gasteiger partial charge is 0.314 e. The molecule has 2 heteroatoms. The van der Waals surface area contributed by atoms with Gasteiger partial charge in [0.1, 0.15) is 0 Å². The van der Waals surface area contributed by atoms with E-state index >= 15 is 0 Å². The number of nitrogens with zero attached hydrogens (tertiary/aromatic N) is 1. The van der Waals surface area contributed by atoms with Crippen molar-refractivity contribution in [3.05, 3.63) is 0 Å². The van der Waals surface area contributed by atoms with E-state index in [-0.39, 0.29) is 0 Å². The van der Waals surface area contributed by atoms with Gasteiger partial charge in [0.15, 0.2) is 0 Å². The maximum atomic E-state index is 3.37. The molecule has 2 nitrogen and oxygen atoms in total. The molecule has 1 aliphatic carbocycles. The Hall–Kier alpha value is -0.0800. The zero-order valence-electron chi connectivity index (χ0n) is 8.92. The van der Waals surface area contributed by atoms with Gasteiger partial charge in [0, 0.05) is 25.2 Å². The van der Waals surface area contributed by atoms with E-state index in [1.54, 1.807) is 0 Å². The molecule has 1 N–H and O–H groups in total. The van der Waals surface area contributed by atoms with Gasteiger partial charge in [-0.15, -0.1) is 0 Å². The minimum absolute atomic E-state index is 0.859. The van der Waals surface area contributed by atoms with Gasteiger partial charge >= 0.3 is 0 Å². The predicted octanol–water partition coefficient (Wildman–Crippen LogP) is 1.47. The Morgan fingerprint density at radius 1 is 1.23 bits per heavy atom. The fourth-order valence-electron chi connectivity index (χ4n) is 2.56. The summed E-state index contributed by atoms with van der Waals surface area (Å²) in [5.74, 6) is 0.984. The minimum Gasteiger partial charge on any atom is -0.314 e. The van der Waals surface area contributed by atoms with E-state index in [4.69, 9.17) is 0 Å². The van der Waals surface area contributed by atoms with Crippen LogP contribution in [0.3, 0.4) is 0 Å². The van der Waals surface area contributed by atoms with Gasteiger partial charge in [-0.05, 0) is 31.7 Å². The molecule has 13 heavy (non-hydrogen) atoms. The molecule has 0 aromatic rings. The summed E-state index contributed by atoms with van der Waals surface area (Å²) < 4.78 is 0. The van der Waals surface area contributed by atoms with Crippen LogP contribution < -0.4 is 5.32 Å². The van der Waals surface area contributed by atoms with Crippen LogP contribution in [0, 0.1) is 5.92 Å². The highest BCUT2D eigenvalue weighted by Crippen LogP contribution is 2.32. The van der Waals surface area contributed by atoms with E-state index in [1.807, 2.05) is 0 Å².